The fourth-order valence-electron chi connectivity index (χ4n) is 12.2. The molecular weight excluding hydrogens is 1320 g/mol. The summed E-state index contributed by atoms with van der Waals surface area (Å²) in [5.74, 6) is 0.0514. The van der Waals surface area contributed by atoms with E-state index in [-0.39, 0.29) is 117 Å². The summed E-state index contributed by atoms with van der Waals surface area (Å²) in [6, 6.07) is 0. The van der Waals surface area contributed by atoms with E-state index < -0.39 is 72.1 Å². The van der Waals surface area contributed by atoms with Gasteiger partial charge < -0.3 is 55.3 Å². The molecule has 5 fully saturated rings. The predicted molar refractivity (Wildman–Crippen MR) is 386 cm³/mol. The average molecular weight is 1450 g/mol. The molecule has 0 aliphatic carbocycles. The Labute approximate surface area is 562 Å². The number of fused-ring (bicyclic) bond motifs is 1. The first kappa shape index (κ1) is 79.6. The fraction of sp³-hybridized carbons (Fsp3) is 0.886. The van der Waals surface area contributed by atoms with E-state index in [1.54, 1.807) is 7.11 Å². The van der Waals surface area contributed by atoms with Gasteiger partial charge in [0, 0.05) is 45.1 Å². The Bertz CT molecular complexity index is 2360. The molecule has 17 atom stereocenters. The van der Waals surface area contributed by atoms with Crippen LogP contribution in [-0.4, -0.2) is 159 Å². The number of ether oxygens (including phenoxy) is 6. The van der Waals surface area contributed by atoms with Crippen LogP contribution in [0.15, 0.2) is 34.5 Å². The lowest BCUT2D eigenvalue weighted by atomic mass is 9.81. The minimum atomic E-state index is -2.50. The topological polar surface area (TPSA) is 136 Å². The van der Waals surface area contributed by atoms with Crippen molar-refractivity contribution in [3.05, 3.63) is 34.5 Å². The minimum absolute atomic E-state index is 0.0158. The zero-order valence-electron chi connectivity index (χ0n) is 61.3. The van der Waals surface area contributed by atoms with Gasteiger partial charge in [0.25, 0.3) is 0 Å². The minimum Gasteiger partial charge on any atom is -0.414 e. The van der Waals surface area contributed by atoms with Crippen LogP contribution in [0.1, 0.15) is 188 Å². The van der Waals surface area contributed by atoms with E-state index in [1.165, 1.54) is 0 Å². The lowest BCUT2D eigenvalue weighted by molar-refractivity contribution is -0.266. The highest BCUT2D eigenvalue weighted by Gasteiger charge is 2.59. The summed E-state index contributed by atoms with van der Waals surface area (Å²) < 4.78 is 81.7. The van der Waals surface area contributed by atoms with Crippen LogP contribution in [0.4, 0.5) is 0 Å². The van der Waals surface area contributed by atoms with Crippen LogP contribution < -0.4 is 0 Å². The van der Waals surface area contributed by atoms with Crippen molar-refractivity contribution in [1.82, 2.24) is 0 Å². The molecule has 0 aromatic rings. The Morgan fingerprint density at radius 3 is 1.72 bits per heavy atom. The Hall–Kier alpha value is -0.0656. The maximum atomic E-state index is 15.4. The first-order valence-corrected chi connectivity index (χ1v) is 50.0. The molecular formula is C70H131IO13Si5. The quantitative estimate of drug-likeness (QED) is 0.0318. The van der Waals surface area contributed by atoms with Crippen LogP contribution in [0.25, 0.3) is 0 Å². The van der Waals surface area contributed by atoms with Crippen LogP contribution in [-0.2, 0) is 60.1 Å². The predicted octanol–water partition coefficient (Wildman–Crippen LogP) is 18.2. The summed E-state index contributed by atoms with van der Waals surface area (Å²) >= 11 is 2.32. The van der Waals surface area contributed by atoms with Crippen molar-refractivity contribution >= 4 is 76.2 Å². The Morgan fingerprint density at radius 2 is 1.18 bits per heavy atom. The second kappa shape index (κ2) is 30.8. The first-order chi connectivity index (χ1) is 40.5. The van der Waals surface area contributed by atoms with Gasteiger partial charge in [-0.05, 0) is 163 Å². The lowest BCUT2D eigenvalue weighted by Crippen LogP contribution is -2.69. The van der Waals surface area contributed by atoms with Gasteiger partial charge in [0.05, 0.1) is 73.8 Å². The molecule has 5 aliphatic heterocycles. The Balaban J connectivity index is 1.51. The maximum absolute atomic E-state index is 15.4. The monoisotopic (exact) mass is 1450 g/mol. The third-order valence-corrected chi connectivity index (χ3v) is 46.1. The maximum Gasteiger partial charge on any atom is 0.193 e. The van der Waals surface area contributed by atoms with Crippen molar-refractivity contribution < 1.29 is 60.1 Å². The number of hydrogen-bond donors (Lipinski definition) is 0. The zero-order valence-corrected chi connectivity index (χ0v) is 68.5. The van der Waals surface area contributed by atoms with Crippen molar-refractivity contribution in [3.63, 3.8) is 0 Å². The molecule has 0 N–H and O–H groups in total. The van der Waals surface area contributed by atoms with E-state index >= 15 is 4.79 Å². The van der Waals surface area contributed by atoms with Gasteiger partial charge in [-0.3, -0.25) is 4.79 Å². The number of aldehydes is 1. The SMILES string of the molecule is C=C1C[C@H](CCC=O)OC1CC[C@H]1C[C@@H](C)C(=C)C(C[C@@H]2O[C@H](C[C@H](CO[Si](C)(C)C(C)(C)C)O[Si](C)(C)C(C)(C)C)[C@H](OC)[C@H]2CC(=O)CC2CC[C@@H]3O[C@@H]([C@H](/C=C/I)O[Si](C)(C)C(C)(C)C)[C@@H](O[Si](C)(C)C(C)(C)C)[C@H](O[Si](C)(C)C(C)(C)C)[C@H]3O2)O1. The Morgan fingerprint density at radius 1 is 0.629 bits per heavy atom. The number of ketones is 1. The molecule has 5 heterocycles. The zero-order chi connectivity index (χ0) is 67.6. The number of methoxy groups -OCH3 is 1. The first-order valence-electron chi connectivity index (χ1n) is 34.2. The molecule has 19 heteroatoms. The number of hydrogen-bond acceptors (Lipinski definition) is 13. The van der Waals surface area contributed by atoms with Crippen LogP contribution in [0.2, 0.25) is 90.7 Å². The number of halogens is 1. The van der Waals surface area contributed by atoms with Gasteiger partial charge in [0.15, 0.2) is 41.6 Å². The summed E-state index contributed by atoms with van der Waals surface area (Å²) in [6.07, 6.45) is 5.88. The normalized spacial score (nSPS) is 31.8. The second-order valence-corrected chi connectivity index (χ2v) is 59.8. The molecule has 0 bridgehead atoms. The second-order valence-electron chi connectivity index (χ2n) is 35.2. The molecule has 0 aromatic carbocycles. The third-order valence-electron chi connectivity index (χ3n) is 23.2. The summed E-state index contributed by atoms with van der Waals surface area (Å²) in [5.41, 5.74) is 2.15. The number of rotatable bonds is 28. The molecule has 516 valence electrons. The molecule has 0 spiro atoms. The summed E-state index contributed by atoms with van der Waals surface area (Å²) in [4.78, 5) is 26.6. The number of carbonyl (C=O) groups is 2. The summed E-state index contributed by atoms with van der Waals surface area (Å²) in [6.45, 7) is 69.2. The highest BCUT2D eigenvalue weighted by atomic mass is 127. The third kappa shape index (κ3) is 20.5. The largest absolute Gasteiger partial charge is 0.414 e. The highest BCUT2D eigenvalue weighted by Crippen LogP contribution is 2.50. The number of Topliss-reactive ketones (excluding diaryl/α,β-unsaturated/α-hetero) is 1. The smallest absolute Gasteiger partial charge is 0.193 e. The van der Waals surface area contributed by atoms with Gasteiger partial charge in [-0.25, -0.2) is 0 Å². The van der Waals surface area contributed by atoms with Crippen LogP contribution in [0, 0.1) is 11.8 Å². The molecule has 0 aromatic heterocycles. The van der Waals surface area contributed by atoms with E-state index in [0.717, 1.165) is 49.5 Å². The Kier molecular flexibility index (Phi) is 27.5. The fourth-order valence-corrected chi connectivity index (χ4v) is 18.8. The van der Waals surface area contributed by atoms with Crippen LogP contribution >= 0.6 is 22.6 Å². The molecule has 0 saturated carbocycles. The van der Waals surface area contributed by atoms with Gasteiger partial charge in [-0.1, -0.05) is 147 Å². The van der Waals surface area contributed by atoms with Crippen molar-refractivity contribution in [3.8, 4) is 0 Å². The molecule has 3 unspecified atom stereocenters. The van der Waals surface area contributed by atoms with Crippen molar-refractivity contribution in [1.29, 1.82) is 0 Å². The van der Waals surface area contributed by atoms with Gasteiger partial charge in [-0.2, -0.15) is 0 Å². The molecule has 13 nitrogen and oxygen atoms in total. The average Bonchev–Trinajstić information content (AvgIpc) is 1.32. The van der Waals surface area contributed by atoms with Gasteiger partial charge in [0.1, 0.15) is 36.5 Å². The van der Waals surface area contributed by atoms with E-state index in [9.17, 15) is 4.79 Å². The highest BCUT2D eigenvalue weighted by molar-refractivity contribution is 14.1. The van der Waals surface area contributed by atoms with Gasteiger partial charge in [-0.15, -0.1) is 0 Å². The molecule has 5 saturated heterocycles. The molecule has 5 rings (SSSR count). The van der Waals surface area contributed by atoms with Crippen LogP contribution in [0.5, 0.6) is 0 Å². The van der Waals surface area contributed by atoms with E-state index in [0.29, 0.717) is 38.7 Å². The van der Waals surface area contributed by atoms with E-state index in [2.05, 4.69) is 222 Å². The van der Waals surface area contributed by atoms with Gasteiger partial charge >= 0.3 is 0 Å². The van der Waals surface area contributed by atoms with Gasteiger partial charge in [0.2, 0.25) is 0 Å². The van der Waals surface area contributed by atoms with Crippen LogP contribution in [0.3, 0.4) is 0 Å². The summed E-state index contributed by atoms with van der Waals surface area (Å²) in [7, 11) is -10.0. The van der Waals surface area contributed by atoms with Crippen molar-refractivity contribution in [2.75, 3.05) is 13.7 Å². The van der Waals surface area contributed by atoms with Crippen molar-refractivity contribution in [2.45, 2.75) is 370 Å². The lowest BCUT2D eigenvalue weighted by Gasteiger charge is -2.56. The van der Waals surface area contributed by atoms with Crippen molar-refractivity contribution in [2.24, 2.45) is 11.8 Å². The number of carbonyl (C=O) groups excluding carboxylic acids is 2. The standard InChI is InChI=1S/C70H131IO13Si5/c1-46-39-51(32-34-55-47(2)40-50(76-55)31-30-38-72)77-58(48(46)3)44-59-54(61(74-19)60(79-59)43-53(81-86(22,23)67(7,8)9)45-75-85(20,21)66(4,5)6)42-49(73)41-52-33-35-56-62(78-52)64(83-88(26,27)69(13,14)15)65(84-89(28,29)70(16,17)18)63(80-56)57(36-37-71)82-87(24,25)68(10,11)12/h36-38,46,50-65H,2-3,30-35,39-45H2,1,4-29H3/b37-36+/t46-,50+,51+,52?,53-,54+,55?,56+,57+,58?,59+,60-,61-,62+,63+,64-,65-/m1/s1. The van der Waals surface area contributed by atoms with E-state index in [4.69, 9.17) is 50.6 Å². The molecule has 0 amide bonds. The van der Waals surface area contributed by atoms with E-state index in [1.807, 2.05) is 0 Å². The molecule has 5 aliphatic rings. The molecule has 0 radical (unpaired) electrons. The summed E-state index contributed by atoms with van der Waals surface area (Å²) in [5, 5.41) is -0.270. The molecule has 89 heavy (non-hydrogen) atoms.